The van der Waals surface area contributed by atoms with E-state index in [4.69, 9.17) is 0 Å². The molecule has 0 aliphatic carbocycles. The van der Waals surface area contributed by atoms with E-state index in [1.807, 2.05) is 48.7 Å². The standard InChI is InChI=1S/C25H24BrN3O4S/c1-2-24(30)27-15-14-17-6-5-8-21(22-16-28-23-9-4-3-7-20(22)23)25(17)29(34(31,32)33)19-12-10-18(26)11-13-19/h3-13,16,28H,2,14-15H2,1H3,(H,27,30)(H,31,32,33). The van der Waals surface area contributed by atoms with E-state index < -0.39 is 10.3 Å². The van der Waals surface area contributed by atoms with Crippen LogP contribution in [0, 0.1) is 0 Å². The normalized spacial score (nSPS) is 11.5. The molecule has 0 spiro atoms. The van der Waals surface area contributed by atoms with Gasteiger partial charge in [-0.25, -0.2) is 4.31 Å². The molecule has 0 unspecified atom stereocenters. The lowest BCUT2D eigenvalue weighted by atomic mass is 9.97. The summed E-state index contributed by atoms with van der Waals surface area (Å²) in [5, 5.41) is 3.76. The molecule has 7 nitrogen and oxygen atoms in total. The first-order valence-corrected chi connectivity index (χ1v) is 13.0. The number of H-pyrrole nitrogens is 1. The lowest BCUT2D eigenvalue weighted by Crippen LogP contribution is -2.28. The fourth-order valence-electron chi connectivity index (χ4n) is 3.96. The summed E-state index contributed by atoms with van der Waals surface area (Å²) in [4.78, 5) is 15.0. The molecule has 9 heteroatoms. The van der Waals surface area contributed by atoms with E-state index in [2.05, 4.69) is 26.2 Å². The van der Waals surface area contributed by atoms with E-state index in [9.17, 15) is 17.8 Å². The van der Waals surface area contributed by atoms with Gasteiger partial charge in [0.25, 0.3) is 0 Å². The van der Waals surface area contributed by atoms with Crippen molar-refractivity contribution < 1.29 is 17.8 Å². The number of benzene rings is 3. The van der Waals surface area contributed by atoms with Crippen LogP contribution >= 0.6 is 15.9 Å². The maximum absolute atomic E-state index is 12.8. The third-order valence-electron chi connectivity index (χ3n) is 5.53. The minimum atomic E-state index is -4.70. The predicted molar refractivity (Wildman–Crippen MR) is 139 cm³/mol. The molecule has 1 heterocycles. The second kappa shape index (κ2) is 10.0. The summed E-state index contributed by atoms with van der Waals surface area (Å²) < 4.78 is 37.7. The van der Waals surface area contributed by atoms with Gasteiger partial charge in [0.05, 0.1) is 11.4 Å². The Labute approximate surface area is 206 Å². The number of amides is 1. The second-order valence-electron chi connectivity index (χ2n) is 7.73. The van der Waals surface area contributed by atoms with Gasteiger partial charge in [-0.05, 0) is 42.3 Å². The van der Waals surface area contributed by atoms with Crippen molar-refractivity contribution in [3.8, 4) is 11.1 Å². The number of anilines is 2. The van der Waals surface area contributed by atoms with E-state index in [0.29, 0.717) is 36.2 Å². The largest absolute Gasteiger partial charge is 0.364 e. The number of carbonyl (C=O) groups is 1. The molecule has 3 aromatic carbocycles. The molecule has 0 aliphatic rings. The van der Waals surface area contributed by atoms with Crippen LogP contribution in [0.15, 0.2) is 77.4 Å². The number of halogens is 1. The Morgan fingerprint density at radius 3 is 2.47 bits per heavy atom. The number of hydrogen-bond donors (Lipinski definition) is 3. The molecule has 0 fully saturated rings. The Hall–Kier alpha value is -3.14. The van der Waals surface area contributed by atoms with Gasteiger partial charge in [-0.2, -0.15) is 8.42 Å². The van der Waals surface area contributed by atoms with Gasteiger partial charge >= 0.3 is 10.3 Å². The van der Waals surface area contributed by atoms with Crippen molar-refractivity contribution in [2.75, 3.05) is 10.8 Å². The van der Waals surface area contributed by atoms with Crippen LogP contribution in [-0.4, -0.2) is 30.4 Å². The van der Waals surface area contributed by atoms with Crippen molar-refractivity contribution in [1.82, 2.24) is 10.3 Å². The monoisotopic (exact) mass is 541 g/mol. The summed E-state index contributed by atoms with van der Waals surface area (Å²) in [5.41, 5.74) is 3.64. The molecule has 4 rings (SSSR count). The fraction of sp³-hybridized carbons (Fsp3) is 0.160. The Morgan fingerprint density at radius 2 is 1.76 bits per heavy atom. The first kappa shape index (κ1) is 24.0. The summed E-state index contributed by atoms with van der Waals surface area (Å²) in [5.74, 6) is -0.0890. The summed E-state index contributed by atoms with van der Waals surface area (Å²) >= 11 is 3.37. The summed E-state index contributed by atoms with van der Waals surface area (Å²) in [7, 11) is -4.70. The van der Waals surface area contributed by atoms with Crippen molar-refractivity contribution in [3.05, 3.63) is 83.0 Å². The molecule has 4 aromatic rings. The SMILES string of the molecule is CCC(=O)NCCc1cccc(-c2c[nH]c3ccccc23)c1N(c1ccc(Br)cc1)S(=O)(=O)O. The molecule has 3 N–H and O–H groups in total. The molecule has 176 valence electrons. The van der Waals surface area contributed by atoms with E-state index in [-0.39, 0.29) is 11.6 Å². The van der Waals surface area contributed by atoms with E-state index >= 15 is 0 Å². The number of carbonyl (C=O) groups excluding carboxylic acids is 1. The Balaban J connectivity index is 1.94. The molecular weight excluding hydrogens is 518 g/mol. The molecule has 1 aromatic heterocycles. The highest BCUT2D eigenvalue weighted by Gasteiger charge is 2.28. The number of fused-ring (bicyclic) bond motifs is 1. The van der Waals surface area contributed by atoms with Crippen molar-refractivity contribution in [3.63, 3.8) is 0 Å². The number of hydrogen-bond acceptors (Lipinski definition) is 3. The van der Waals surface area contributed by atoms with Gasteiger partial charge in [-0.15, -0.1) is 0 Å². The lowest BCUT2D eigenvalue weighted by molar-refractivity contribution is -0.120. The van der Waals surface area contributed by atoms with E-state index in [1.165, 1.54) is 0 Å². The zero-order valence-corrected chi connectivity index (χ0v) is 20.9. The average Bonchev–Trinajstić information content (AvgIpc) is 3.24. The smallest absolute Gasteiger partial charge is 0.361 e. The van der Waals surface area contributed by atoms with Crippen LogP contribution in [0.1, 0.15) is 18.9 Å². The van der Waals surface area contributed by atoms with Gasteiger partial charge < -0.3 is 10.3 Å². The Kier molecular flexibility index (Phi) is 7.06. The van der Waals surface area contributed by atoms with Gasteiger partial charge in [0.15, 0.2) is 0 Å². The molecule has 0 aliphatic heterocycles. The number of nitrogens with zero attached hydrogens (tertiary/aromatic N) is 1. The highest BCUT2D eigenvalue weighted by Crippen LogP contribution is 2.42. The highest BCUT2D eigenvalue weighted by atomic mass is 79.9. The maximum atomic E-state index is 12.8. The van der Waals surface area contributed by atoms with Crippen molar-refractivity contribution in [2.24, 2.45) is 0 Å². The van der Waals surface area contributed by atoms with Crippen LogP contribution in [0.5, 0.6) is 0 Å². The average molecular weight is 542 g/mol. The Morgan fingerprint density at radius 1 is 1.03 bits per heavy atom. The minimum absolute atomic E-state index is 0.0890. The number of aromatic nitrogens is 1. The van der Waals surface area contributed by atoms with Crippen LogP contribution in [-0.2, 0) is 21.5 Å². The third kappa shape index (κ3) is 5.01. The molecule has 0 radical (unpaired) electrons. The first-order chi connectivity index (χ1) is 16.3. The molecular formula is C25H24BrN3O4S. The van der Waals surface area contributed by atoms with Gasteiger partial charge in [0.1, 0.15) is 0 Å². The van der Waals surface area contributed by atoms with Gasteiger partial charge in [0.2, 0.25) is 5.91 Å². The van der Waals surface area contributed by atoms with Crippen LogP contribution in [0.3, 0.4) is 0 Å². The summed E-state index contributed by atoms with van der Waals surface area (Å²) in [6.45, 7) is 2.10. The quantitative estimate of drug-likeness (QED) is 0.252. The third-order valence-corrected chi connectivity index (χ3v) is 6.92. The van der Waals surface area contributed by atoms with Crippen LogP contribution < -0.4 is 9.62 Å². The van der Waals surface area contributed by atoms with Crippen LogP contribution in [0.4, 0.5) is 11.4 Å². The topological polar surface area (TPSA) is 103 Å². The van der Waals surface area contributed by atoms with Crippen molar-refractivity contribution >= 4 is 54.4 Å². The van der Waals surface area contributed by atoms with Gasteiger partial charge in [0, 0.05) is 45.7 Å². The van der Waals surface area contributed by atoms with Crippen LogP contribution in [0.2, 0.25) is 0 Å². The zero-order chi connectivity index (χ0) is 24.3. The summed E-state index contributed by atoms with van der Waals surface area (Å²) in [6.07, 6.45) is 2.56. The molecule has 0 bridgehead atoms. The lowest BCUT2D eigenvalue weighted by Gasteiger charge is -2.26. The van der Waals surface area contributed by atoms with Crippen molar-refractivity contribution in [1.29, 1.82) is 0 Å². The zero-order valence-electron chi connectivity index (χ0n) is 18.5. The first-order valence-electron chi connectivity index (χ1n) is 10.8. The second-order valence-corrected chi connectivity index (χ2v) is 9.91. The maximum Gasteiger partial charge on any atom is 0.364 e. The molecule has 0 atom stereocenters. The van der Waals surface area contributed by atoms with Gasteiger partial charge in [-0.1, -0.05) is 59.3 Å². The van der Waals surface area contributed by atoms with Crippen LogP contribution in [0.25, 0.3) is 22.0 Å². The number of rotatable bonds is 8. The number of para-hydroxylation sites is 2. The number of aromatic amines is 1. The predicted octanol–water partition coefficient (Wildman–Crippen LogP) is 5.61. The Bertz CT molecular complexity index is 1430. The highest BCUT2D eigenvalue weighted by molar-refractivity contribution is 9.10. The molecule has 0 saturated heterocycles. The molecule has 34 heavy (non-hydrogen) atoms. The summed E-state index contributed by atoms with van der Waals surface area (Å²) in [6, 6.07) is 19.9. The fourth-order valence-corrected chi connectivity index (χ4v) is 5.06. The van der Waals surface area contributed by atoms with Crippen molar-refractivity contribution in [2.45, 2.75) is 19.8 Å². The minimum Gasteiger partial charge on any atom is -0.361 e. The van der Waals surface area contributed by atoms with E-state index in [1.54, 1.807) is 31.2 Å². The van der Waals surface area contributed by atoms with Gasteiger partial charge in [-0.3, -0.25) is 9.35 Å². The molecule has 0 saturated carbocycles. The molecule has 1 amide bonds. The van der Waals surface area contributed by atoms with E-state index in [0.717, 1.165) is 25.2 Å². The number of nitrogens with one attached hydrogen (secondary N) is 2.